The number of nitrogens with zero attached hydrogens (tertiary/aromatic N) is 1. The molecule has 0 saturated carbocycles. The molecule has 5 heteroatoms. The zero-order valence-electron chi connectivity index (χ0n) is 13.0. The molecule has 1 N–H and O–H groups in total. The number of para-hydroxylation sites is 1. The molecule has 2 aliphatic rings. The van der Waals surface area contributed by atoms with Crippen molar-refractivity contribution in [2.24, 2.45) is 5.41 Å². The van der Waals surface area contributed by atoms with Crippen LogP contribution in [0.1, 0.15) is 26.2 Å². The first kappa shape index (κ1) is 15.3. The van der Waals surface area contributed by atoms with E-state index in [4.69, 9.17) is 4.74 Å². The van der Waals surface area contributed by atoms with E-state index in [1.165, 1.54) is 12.5 Å². The van der Waals surface area contributed by atoms with Crippen molar-refractivity contribution in [3.8, 4) is 5.75 Å². The number of carbonyl (C=O) groups excluding carboxylic acids is 1. The van der Waals surface area contributed by atoms with Crippen LogP contribution >= 0.6 is 0 Å². The first-order valence-corrected chi connectivity index (χ1v) is 8.00. The Morgan fingerprint density at radius 1 is 1.32 bits per heavy atom. The van der Waals surface area contributed by atoms with E-state index in [1.807, 2.05) is 4.90 Å². The van der Waals surface area contributed by atoms with Crippen LogP contribution < -0.4 is 10.1 Å². The van der Waals surface area contributed by atoms with Crippen LogP contribution in [0.2, 0.25) is 0 Å². The predicted molar refractivity (Wildman–Crippen MR) is 82.2 cm³/mol. The number of carbonyl (C=O) groups is 1. The molecule has 1 atom stereocenters. The summed E-state index contributed by atoms with van der Waals surface area (Å²) in [7, 11) is 0. The van der Waals surface area contributed by atoms with Gasteiger partial charge in [0.1, 0.15) is 0 Å². The van der Waals surface area contributed by atoms with Gasteiger partial charge in [0.25, 0.3) is 5.91 Å². The monoisotopic (exact) mass is 306 g/mol. The molecule has 1 unspecified atom stereocenters. The average Bonchev–Trinajstić information content (AvgIpc) is 2.98. The second-order valence-corrected chi connectivity index (χ2v) is 6.44. The number of rotatable bonds is 3. The number of piperidine rings is 1. The molecule has 2 aliphatic heterocycles. The third-order valence-corrected chi connectivity index (χ3v) is 4.96. The Morgan fingerprint density at radius 2 is 2.05 bits per heavy atom. The highest BCUT2D eigenvalue weighted by Gasteiger charge is 2.38. The summed E-state index contributed by atoms with van der Waals surface area (Å²) < 4.78 is 19.1. The lowest BCUT2D eigenvalue weighted by Crippen LogP contribution is -2.48. The van der Waals surface area contributed by atoms with Gasteiger partial charge in [0.05, 0.1) is 0 Å². The number of amides is 1. The Bertz CT molecular complexity index is 533. The third kappa shape index (κ3) is 3.09. The Morgan fingerprint density at radius 3 is 2.68 bits per heavy atom. The van der Waals surface area contributed by atoms with Gasteiger partial charge in [0.2, 0.25) is 0 Å². The van der Waals surface area contributed by atoms with Gasteiger partial charge in [-0.25, -0.2) is 4.39 Å². The number of nitrogens with one attached hydrogen (secondary N) is 1. The third-order valence-electron chi connectivity index (χ3n) is 4.96. The number of ether oxygens (including phenoxy) is 1. The molecule has 0 aromatic heterocycles. The van der Waals surface area contributed by atoms with Crippen molar-refractivity contribution in [2.45, 2.75) is 32.3 Å². The molecule has 1 spiro atoms. The van der Waals surface area contributed by atoms with E-state index in [2.05, 4.69) is 5.32 Å². The van der Waals surface area contributed by atoms with Crippen LogP contribution in [0, 0.1) is 11.2 Å². The summed E-state index contributed by atoms with van der Waals surface area (Å²) in [4.78, 5) is 14.3. The molecule has 22 heavy (non-hydrogen) atoms. The maximum Gasteiger partial charge on any atom is 0.263 e. The zero-order chi connectivity index (χ0) is 15.6. The molecule has 1 aromatic carbocycles. The predicted octanol–water partition coefficient (Wildman–Crippen LogP) is 2.20. The Kier molecular flexibility index (Phi) is 4.34. The summed E-state index contributed by atoms with van der Waals surface area (Å²) in [6, 6.07) is 6.19. The second kappa shape index (κ2) is 6.24. The van der Waals surface area contributed by atoms with Gasteiger partial charge in [0, 0.05) is 19.6 Å². The minimum Gasteiger partial charge on any atom is -0.478 e. The first-order chi connectivity index (χ1) is 10.6. The van der Waals surface area contributed by atoms with E-state index < -0.39 is 11.9 Å². The largest absolute Gasteiger partial charge is 0.478 e. The van der Waals surface area contributed by atoms with Crippen molar-refractivity contribution in [1.29, 1.82) is 0 Å². The molecule has 4 nitrogen and oxygen atoms in total. The minimum atomic E-state index is -0.660. The molecule has 2 heterocycles. The molecule has 120 valence electrons. The van der Waals surface area contributed by atoms with E-state index in [0.717, 1.165) is 39.0 Å². The summed E-state index contributed by atoms with van der Waals surface area (Å²) in [6.07, 6.45) is 2.62. The van der Waals surface area contributed by atoms with E-state index >= 15 is 0 Å². The van der Waals surface area contributed by atoms with Gasteiger partial charge in [0.15, 0.2) is 17.7 Å². The van der Waals surface area contributed by atoms with Crippen molar-refractivity contribution < 1.29 is 13.9 Å². The number of likely N-dealkylation sites (tertiary alicyclic amines) is 1. The Labute approximate surface area is 130 Å². The molecule has 0 bridgehead atoms. The lowest BCUT2D eigenvalue weighted by molar-refractivity contribution is -0.140. The quantitative estimate of drug-likeness (QED) is 0.931. The van der Waals surface area contributed by atoms with Gasteiger partial charge in [-0.05, 0) is 50.3 Å². The standard InChI is InChI=1S/C17H23FN2O2/c1-13(22-15-5-3-2-4-14(15)18)16(21)20-10-7-17(8-11-20)6-9-19-12-17/h2-5,13,19H,6-12H2,1H3. The zero-order valence-corrected chi connectivity index (χ0v) is 13.0. The molecular formula is C17H23FN2O2. The fourth-order valence-electron chi connectivity index (χ4n) is 3.46. The molecular weight excluding hydrogens is 283 g/mol. The van der Waals surface area contributed by atoms with Crippen LogP contribution in [-0.2, 0) is 4.79 Å². The molecule has 1 amide bonds. The van der Waals surface area contributed by atoms with Crippen LogP contribution in [0.3, 0.4) is 0 Å². The normalized spacial score (nSPS) is 21.8. The maximum atomic E-state index is 13.6. The molecule has 2 fully saturated rings. The summed E-state index contributed by atoms with van der Waals surface area (Å²) in [5.41, 5.74) is 0.381. The number of hydrogen-bond donors (Lipinski definition) is 1. The van der Waals surface area contributed by atoms with Gasteiger partial charge in [-0.1, -0.05) is 12.1 Å². The fourth-order valence-corrected chi connectivity index (χ4v) is 3.46. The van der Waals surface area contributed by atoms with Crippen molar-refractivity contribution in [3.63, 3.8) is 0 Å². The van der Waals surface area contributed by atoms with Crippen LogP contribution in [0.25, 0.3) is 0 Å². The van der Waals surface area contributed by atoms with Crippen molar-refractivity contribution in [1.82, 2.24) is 10.2 Å². The SMILES string of the molecule is CC(Oc1ccccc1F)C(=O)N1CCC2(CCNC2)CC1. The highest BCUT2D eigenvalue weighted by molar-refractivity contribution is 5.81. The van der Waals surface area contributed by atoms with Crippen molar-refractivity contribution in [3.05, 3.63) is 30.1 Å². The van der Waals surface area contributed by atoms with Crippen LogP contribution in [-0.4, -0.2) is 43.1 Å². The summed E-state index contributed by atoms with van der Waals surface area (Å²) in [6.45, 7) is 5.38. The van der Waals surface area contributed by atoms with Gasteiger partial charge in [-0.15, -0.1) is 0 Å². The van der Waals surface area contributed by atoms with Gasteiger partial charge >= 0.3 is 0 Å². The van der Waals surface area contributed by atoms with E-state index in [0.29, 0.717) is 5.41 Å². The number of benzene rings is 1. The Balaban J connectivity index is 1.56. The highest BCUT2D eigenvalue weighted by atomic mass is 19.1. The van der Waals surface area contributed by atoms with Gasteiger partial charge < -0.3 is 15.0 Å². The summed E-state index contributed by atoms with van der Waals surface area (Å²) in [5.74, 6) is -0.349. The number of hydrogen-bond acceptors (Lipinski definition) is 3. The fraction of sp³-hybridized carbons (Fsp3) is 0.588. The summed E-state index contributed by atoms with van der Waals surface area (Å²) >= 11 is 0. The van der Waals surface area contributed by atoms with Crippen LogP contribution in [0.5, 0.6) is 5.75 Å². The van der Waals surface area contributed by atoms with Crippen molar-refractivity contribution in [2.75, 3.05) is 26.2 Å². The van der Waals surface area contributed by atoms with Gasteiger partial charge in [-0.2, -0.15) is 0 Å². The lowest BCUT2D eigenvalue weighted by Gasteiger charge is -2.39. The topological polar surface area (TPSA) is 41.6 Å². The van der Waals surface area contributed by atoms with Crippen molar-refractivity contribution >= 4 is 5.91 Å². The molecule has 0 aliphatic carbocycles. The molecule has 0 radical (unpaired) electrons. The van der Waals surface area contributed by atoms with E-state index in [9.17, 15) is 9.18 Å². The van der Waals surface area contributed by atoms with Crippen LogP contribution in [0.15, 0.2) is 24.3 Å². The molecule has 1 aromatic rings. The minimum absolute atomic E-state index is 0.0518. The number of halogens is 1. The smallest absolute Gasteiger partial charge is 0.263 e. The highest BCUT2D eigenvalue weighted by Crippen LogP contribution is 2.37. The van der Waals surface area contributed by atoms with Crippen LogP contribution in [0.4, 0.5) is 4.39 Å². The molecule has 3 rings (SSSR count). The molecule has 2 saturated heterocycles. The Hall–Kier alpha value is -1.62. The second-order valence-electron chi connectivity index (χ2n) is 6.44. The van der Waals surface area contributed by atoms with E-state index in [-0.39, 0.29) is 11.7 Å². The maximum absolute atomic E-state index is 13.6. The average molecular weight is 306 g/mol. The van der Waals surface area contributed by atoms with Gasteiger partial charge in [-0.3, -0.25) is 4.79 Å². The van der Waals surface area contributed by atoms with E-state index in [1.54, 1.807) is 25.1 Å². The lowest BCUT2D eigenvalue weighted by atomic mass is 9.78. The first-order valence-electron chi connectivity index (χ1n) is 8.00. The summed E-state index contributed by atoms with van der Waals surface area (Å²) in [5, 5.41) is 3.42.